The van der Waals surface area contributed by atoms with E-state index in [0.29, 0.717) is 30.8 Å². The molecule has 1 unspecified atom stereocenters. The Kier molecular flexibility index (Phi) is 5.56. The molecule has 7 nitrogen and oxygen atoms in total. The van der Waals surface area contributed by atoms with Crippen molar-refractivity contribution in [1.29, 1.82) is 0 Å². The van der Waals surface area contributed by atoms with Crippen molar-refractivity contribution in [3.63, 3.8) is 0 Å². The zero-order valence-corrected chi connectivity index (χ0v) is 13.2. The molecule has 1 aliphatic rings. The smallest absolute Gasteiger partial charge is 0.410 e. The van der Waals surface area contributed by atoms with Gasteiger partial charge in [-0.25, -0.2) is 9.59 Å². The molecule has 2 rings (SSSR count). The van der Waals surface area contributed by atoms with Gasteiger partial charge in [-0.05, 0) is 44.0 Å². The number of carbonyl (C=O) groups is 3. The van der Waals surface area contributed by atoms with Gasteiger partial charge < -0.3 is 14.8 Å². The number of likely N-dealkylation sites (tertiary alicyclic amines) is 1. The minimum atomic E-state index is -0.535. The Bertz CT molecular complexity index is 585. The van der Waals surface area contributed by atoms with E-state index >= 15 is 0 Å². The Balaban J connectivity index is 2.00. The number of methoxy groups -OCH3 is 1. The van der Waals surface area contributed by atoms with E-state index in [-0.39, 0.29) is 5.91 Å². The number of rotatable bonds is 4. The van der Waals surface area contributed by atoms with Crippen LogP contribution >= 0.6 is 0 Å². The lowest BCUT2D eigenvalue weighted by molar-refractivity contribution is -0.119. The maximum Gasteiger partial charge on any atom is 0.410 e. The SMILES string of the molecule is CCOC(=O)c1ccc(NC(=O)C2CCCN2C(=O)OC)cc1. The maximum atomic E-state index is 12.3. The first-order valence-electron chi connectivity index (χ1n) is 7.49. The third-order valence-electron chi connectivity index (χ3n) is 3.63. The van der Waals surface area contributed by atoms with Gasteiger partial charge in [-0.1, -0.05) is 0 Å². The van der Waals surface area contributed by atoms with E-state index in [4.69, 9.17) is 4.74 Å². The minimum Gasteiger partial charge on any atom is -0.462 e. The van der Waals surface area contributed by atoms with E-state index in [1.165, 1.54) is 12.0 Å². The molecular weight excluding hydrogens is 300 g/mol. The van der Waals surface area contributed by atoms with Crippen LogP contribution in [0.4, 0.5) is 10.5 Å². The van der Waals surface area contributed by atoms with E-state index in [2.05, 4.69) is 10.1 Å². The molecule has 0 bridgehead atoms. The predicted molar refractivity (Wildman–Crippen MR) is 83.2 cm³/mol. The van der Waals surface area contributed by atoms with Crippen LogP contribution in [-0.2, 0) is 14.3 Å². The lowest BCUT2D eigenvalue weighted by Crippen LogP contribution is -2.43. The van der Waals surface area contributed by atoms with Gasteiger partial charge in [0.25, 0.3) is 0 Å². The lowest BCUT2D eigenvalue weighted by Gasteiger charge is -2.22. The molecule has 1 aromatic carbocycles. The van der Waals surface area contributed by atoms with Gasteiger partial charge in [-0.15, -0.1) is 0 Å². The number of esters is 1. The number of benzene rings is 1. The molecule has 0 aliphatic carbocycles. The lowest BCUT2D eigenvalue weighted by atomic mass is 10.2. The second-order valence-corrected chi connectivity index (χ2v) is 5.11. The van der Waals surface area contributed by atoms with Gasteiger partial charge in [0.05, 0.1) is 19.3 Å². The van der Waals surface area contributed by atoms with Gasteiger partial charge in [0.15, 0.2) is 0 Å². The summed E-state index contributed by atoms with van der Waals surface area (Å²) in [7, 11) is 1.30. The van der Waals surface area contributed by atoms with Crippen LogP contribution in [0.3, 0.4) is 0 Å². The number of hydrogen-bond acceptors (Lipinski definition) is 5. The van der Waals surface area contributed by atoms with Crippen LogP contribution in [0, 0.1) is 0 Å². The summed E-state index contributed by atoms with van der Waals surface area (Å²) in [6, 6.07) is 5.89. The average molecular weight is 320 g/mol. The monoisotopic (exact) mass is 320 g/mol. The number of amides is 2. The molecule has 1 aromatic rings. The molecule has 23 heavy (non-hydrogen) atoms. The van der Waals surface area contributed by atoms with Gasteiger partial charge in [0.2, 0.25) is 5.91 Å². The van der Waals surface area contributed by atoms with Gasteiger partial charge in [-0.2, -0.15) is 0 Å². The molecule has 124 valence electrons. The van der Waals surface area contributed by atoms with Crippen molar-refractivity contribution in [2.24, 2.45) is 0 Å². The number of carbonyl (C=O) groups excluding carboxylic acids is 3. The first kappa shape index (κ1) is 16.8. The molecule has 1 heterocycles. The van der Waals surface area contributed by atoms with Crippen LogP contribution in [0.25, 0.3) is 0 Å². The summed E-state index contributed by atoms with van der Waals surface area (Å²) < 4.78 is 9.58. The molecule has 0 saturated carbocycles. The van der Waals surface area contributed by atoms with Gasteiger partial charge >= 0.3 is 12.1 Å². The molecule has 0 spiro atoms. The zero-order valence-electron chi connectivity index (χ0n) is 13.2. The fraction of sp³-hybridized carbons (Fsp3) is 0.438. The quantitative estimate of drug-likeness (QED) is 0.858. The molecule has 1 aliphatic heterocycles. The van der Waals surface area contributed by atoms with Crippen LogP contribution in [0.2, 0.25) is 0 Å². The third-order valence-corrected chi connectivity index (χ3v) is 3.63. The molecule has 2 amide bonds. The Labute approximate surface area is 134 Å². The van der Waals surface area contributed by atoms with E-state index in [0.717, 1.165) is 6.42 Å². The largest absolute Gasteiger partial charge is 0.462 e. The van der Waals surface area contributed by atoms with Crippen LogP contribution < -0.4 is 5.32 Å². The number of nitrogens with zero attached hydrogens (tertiary/aromatic N) is 1. The third kappa shape index (κ3) is 4.00. The van der Waals surface area contributed by atoms with Crippen LogP contribution in [0.15, 0.2) is 24.3 Å². The molecule has 1 saturated heterocycles. The fourth-order valence-corrected chi connectivity index (χ4v) is 2.50. The fourth-order valence-electron chi connectivity index (χ4n) is 2.50. The first-order valence-corrected chi connectivity index (χ1v) is 7.49. The maximum absolute atomic E-state index is 12.3. The second kappa shape index (κ2) is 7.62. The Morgan fingerprint density at radius 3 is 2.57 bits per heavy atom. The van der Waals surface area contributed by atoms with Crippen LogP contribution in [0.1, 0.15) is 30.1 Å². The average Bonchev–Trinajstić information content (AvgIpc) is 3.04. The summed E-state index contributed by atoms with van der Waals surface area (Å²) in [6.45, 7) is 2.55. The Morgan fingerprint density at radius 2 is 1.96 bits per heavy atom. The van der Waals surface area contributed by atoms with Crippen molar-refractivity contribution in [2.75, 3.05) is 25.6 Å². The number of ether oxygens (including phenoxy) is 2. The summed E-state index contributed by atoms with van der Waals surface area (Å²) >= 11 is 0. The van der Waals surface area contributed by atoms with E-state index in [1.54, 1.807) is 31.2 Å². The molecule has 0 radical (unpaired) electrons. The molecule has 1 fully saturated rings. The van der Waals surface area contributed by atoms with Crippen LogP contribution in [0.5, 0.6) is 0 Å². The number of nitrogens with one attached hydrogen (secondary N) is 1. The summed E-state index contributed by atoms with van der Waals surface area (Å²) in [5, 5.41) is 2.75. The molecule has 7 heteroatoms. The Hall–Kier alpha value is -2.57. The molecular formula is C16H20N2O5. The standard InChI is InChI=1S/C16H20N2O5/c1-3-23-15(20)11-6-8-12(9-7-11)17-14(19)13-5-4-10-18(13)16(21)22-2/h6-9,13H,3-5,10H2,1-2H3,(H,17,19). The zero-order chi connectivity index (χ0) is 16.8. The molecule has 1 N–H and O–H groups in total. The van der Waals surface area contributed by atoms with Crippen molar-refractivity contribution in [1.82, 2.24) is 4.90 Å². The van der Waals surface area contributed by atoms with E-state index in [9.17, 15) is 14.4 Å². The second-order valence-electron chi connectivity index (χ2n) is 5.11. The van der Waals surface area contributed by atoms with Gasteiger partial charge in [-0.3, -0.25) is 9.69 Å². The highest BCUT2D eigenvalue weighted by molar-refractivity contribution is 5.97. The topological polar surface area (TPSA) is 84.9 Å². The number of hydrogen-bond donors (Lipinski definition) is 1. The molecule has 1 atom stereocenters. The first-order chi connectivity index (χ1) is 11.1. The molecule has 0 aromatic heterocycles. The minimum absolute atomic E-state index is 0.267. The van der Waals surface area contributed by atoms with Crippen molar-refractivity contribution >= 4 is 23.7 Å². The van der Waals surface area contributed by atoms with Gasteiger partial charge in [0, 0.05) is 12.2 Å². The van der Waals surface area contributed by atoms with Gasteiger partial charge in [0.1, 0.15) is 6.04 Å². The highest BCUT2D eigenvalue weighted by atomic mass is 16.5. The van der Waals surface area contributed by atoms with Crippen molar-refractivity contribution in [3.05, 3.63) is 29.8 Å². The van der Waals surface area contributed by atoms with Crippen molar-refractivity contribution < 1.29 is 23.9 Å². The summed E-state index contributed by atoms with van der Waals surface area (Å²) in [4.78, 5) is 36.9. The predicted octanol–water partition coefficient (Wildman–Crippen LogP) is 2.03. The summed E-state index contributed by atoms with van der Waals surface area (Å²) in [6.07, 6.45) is 0.858. The highest BCUT2D eigenvalue weighted by Gasteiger charge is 2.34. The van der Waals surface area contributed by atoms with Crippen LogP contribution in [-0.4, -0.2) is 49.2 Å². The van der Waals surface area contributed by atoms with Crippen molar-refractivity contribution in [2.45, 2.75) is 25.8 Å². The normalized spacial score (nSPS) is 16.8. The van der Waals surface area contributed by atoms with Crippen molar-refractivity contribution in [3.8, 4) is 0 Å². The number of anilines is 1. The van der Waals surface area contributed by atoms with E-state index < -0.39 is 18.1 Å². The summed E-state index contributed by atoms with van der Waals surface area (Å²) in [5.41, 5.74) is 0.974. The highest BCUT2D eigenvalue weighted by Crippen LogP contribution is 2.20. The van der Waals surface area contributed by atoms with E-state index in [1.807, 2.05) is 0 Å². The Morgan fingerprint density at radius 1 is 1.26 bits per heavy atom. The summed E-state index contributed by atoms with van der Waals surface area (Å²) in [5.74, 6) is -0.671.